The van der Waals surface area contributed by atoms with Gasteiger partial charge in [-0.3, -0.25) is 4.79 Å². The topological polar surface area (TPSA) is 72.4 Å². The van der Waals surface area contributed by atoms with Crippen molar-refractivity contribution in [3.8, 4) is 0 Å². The van der Waals surface area contributed by atoms with Crippen molar-refractivity contribution in [2.75, 3.05) is 24.6 Å². The first kappa shape index (κ1) is 15.9. The predicted molar refractivity (Wildman–Crippen MR) is 85.3 cm³/mol. The average molecular weight is 317 g/mol. The van der Waals surface area contributed by atoms with Crippen LogP contribution in [0, 0.1) is 5.92 Å². The number of carbonyl (C=O) groups is 2. The molecule has 1 aliphatic carbocycles. The highest BCUT2D eigenvalue weighted by Crippen LogP contribution is 2.24. The second kappa shape index (κ2) is 7.53. The van der Waals surface area contributed by atoms with Gasteiger partial charge in [-0.2, -0.15) is 0 Å². The van der Waals surface area contributed by atoms with E-state index in [9.17, 15) is 9.59 Å². The molecule has 0 radical (unpaired) electrons. The van der Waals surface area contributed by atoms with Crippen molar-refractivity contribution in [3.63, 3.8) is 0 Å². The van der Waals surface area contributed by atoms with Crippen molar-refractivity contribution in [1.82, 2.24) is 10.2 Å². The van der Waals surface area contributed by atoms with Crippen LogP contribution < -0.4 is 4.90 Å². The molecule has 1 aromatic rings. The molecule has 0 amide bonds. The van der Waals surface area contributed by atoms with Gasteiger partial charge in [0.1, 0.15) is 0 Å². The molecule has 0 N–H and O–H groups in total. The van der Waals surface area contributed by atoms with Gasteiger partial charge in [0, 0.05) is 19.0 Å². The van der Waals surface area contributed by atoms with Gasteiger partial charge in [-0.25, -0.2) is 4.79 Å². The van der Waals surface area contributed by atoms with Gasteiger partial charge >= 0.3 is 5.97 Å². The van der Waals surface area contributed by atoms with E-state index >= 15 is 0 Å². The van der Waals surface area contributed by atoms with Gasteiger partial charge in [0.05, 0.1) is 0 Å². The zero-order valence-corrected chi connectivity index (χ0v) is 13.4. The molecule has 1 saturated heterocycles. The maximum atomic E-state index is 12.0. The standard InChI is InChI=1S/C17H23N3O3/c21-15(13-6-2-1-3-7-13)12-23-17(22)14-8-9-16(19-18-14)20-10-4-5-11-20/h8-9,13H,1-7,10-12H2. The van der Waals surface area contributed by atoms with E-state index in [1.54, 1.807) is 12.1 Å². The second-order valence-corrected chi connectivity index (χ2v) is 6.35. The lowest BCUT2D eigenvalue weighted by atomic mass is 9.86. The van der Waals surface area contributed by atoms with Crippen LogP contribution in [-0.4, -0.2) is 41.6 Å². The average Bonchev–Trinajstić information content (AvgIpc) is 3.15. The molecule has 0 aromatic carbocycles. The number of aromatic nitrogens is 2. The summed E-state index contributed by atoms with van der Waals surface area (Å²) in [5.41, 5.74) is 0.157. The third kappa shape index (κ3) is 4.06. The van der Waals surface area contributed by atoms with E-state index in [0.717, 1.165) is 57.4 Å². The Kier molecular flexibility index (Phi) is 5.20. The molecule has 2 aliphatic rings. The maximum absolute atomic E-state index is 12.0. The molecule has 6 heteroatoms. The Morgan fingerprint density at radius 3 is 2.43 bits per heavy atom. The zero-order valence-electron chi connectivity index (χ0n) is 13.4. The molecular weight excluding hydrogens is 294 g/mol. The summed E-state index contributed by atoms with van der Waals surface area (Å²) in [4.78, 5) is 26.2. The van der Waals surface area contributed by atoms with Crippen LogP contribution in [0.2, 0.25) is 0 Å². The Morgan fingerprint density at radius 1 is 1.04 bits per heavy atom. The van der Waals surface area contributed by atoms with Crippen molar-refractivity contribution in [3.05, 3.63) is 17.8 Å². The Labute approximate surface area is 136 Å². The number of carbonyl (C=O) groups excluding carboxylic acids is 2. The molecule has 0 unspecified atom stereocenters. The van der Waals surface area contributed by atoms with E-state index in [1.165, 1.54) is 6.42 Å². The van der Waals surface area contributed by atoms with E-state index < -0.39 is 5.97 Å². The lowest BCUT2D eigenvalue weighted by molar-refractivity contribution is -0.126. The number of anilines is 1. The van der Waals surface area contributed by atoms with Crippen molar-refractivity contribution >= 4 is 17.6 Å². The van der Waals surface area contributed by atoms with Crippen LogP contribution in [0.1, 0.15) is 55.4 Å². The number of nitrogens with zero attached hydrogens (tertiary/aromatic N) is 3. The first-order valence-corrected chi connectivity index (χ1v) is 8.52. The van der Waals surface area contributed by atoms with E-state index in [-0.39, 0.29) is 24.0 Å². The summed E-state index contributed by atoms with van der Waals surface area (Å²) in [7, 11) is 0. The summed E-state index contributed by atoms with van der Waals surface area (Å²) < 4.78 is 5.10. The van der Waals surface area contributed by atoms with Crippen molar-refractivity contribution in [2.45, 2.75) is 44.9 Å². The summed E-state index contributed by atoms with van der Waals surface area (Å²) in [5, 5.41) is 8.03. The summed E-state index contributed by atoms with van der Waals surface area (Å²) in [6, 6.07) is 3.41. The van der Waals surface area contributed by atoms with Crippen LogP contribution in [0.4, 0.5) is 5.82 Å². The quantitative estimate of drug-likeness (QED) is 0.776. The van der Waals surface area contributed by atoms with Crippen LogP contribution in [0.25, 0.3) is 0 Å². The Hall–Kier alpha value is -1.98. The number of rotatable bonds is 5. The van der Waals surface area contributed by atoms with E-state index in [0.29, 0.717) is 0 Å². The Balaban J connectivity index is 1.50. The van der Waals surface area contributed by atoms with Crippen LogP contribution in [0.3, 0.4) is 0 Å². The molecular formula is C17H23N3O3. The van der Waals surface area contributed by atoms with Gasteiger partial charge in [0.2, 0.25) is 0 Å². The van der Waals surface area contributed by atoms with Gasteiger partial charge in [-0.1, -0.05) is 19.3 Å². The SMILES string of the molecule is O=C(OCC(=O)C1CCCCC1)c1ccc(N2CCCC2)nn1. The molecule has 2 heterocycles. The second-order valence-electron chi connectivity index (χ2n) is 6.35. The molecule has 1 aromatic heterocycles. The fourth-order valence-electron chi connectivity index (χ4n) is 3.30. The number of ether oxygens (including phenoxy) is 1. The fraction of sp³-hybridized carbons (Fsp3) is 0.647. The van der Waals surface area contributed by atoms with Crippen molar-refractivity contribution < 1.29 is 14.3 Å². The highest BCUT2D eigenvalue weighted by atomic mass is 16.5. The van der Waals surface area contributed by atoms with Gasteiger partial charge in [-0.05, 0) is 37.8 Å². The highest BCUT2D eigenvalue weighted by molar-refractivity contribution is 5.90. The normalized spacial score (nSPS) is 18.9. The molecule has 1 saturated carbocycles. The van der Waals surface area contributed by atoms with Crippen molar-refractivity contribution in [1.29, 1.82) is 0 Å². The summed E-state index contributed by atoms with van der Waals surface area (Å²) in [6.07, 6.45) is 7.54. The molecule has 0 bridgehead atoms. The van der Waals surface area contributed by atoms with Crippen LogP contribution in [-0.2, 0) is 9.53 Å². The lowest BCUT2D eigenvalue weighted by Crippen LogP contribution is -2.24. The maximum Gasteiger partial charge on any atom is 0.359 e. The number of esters is 1. The van der Waals surface area contributed by atoms with Crippen LogP contribution in [0.5, 0.6) is 0 Å². The Bertz CT molecular complexity index is 547. The van der Waals surface area contributed by atoms with Crippen molar-refractivity contribution in [2.24, 2.45) is 5.92 Å². The number of ketones is 1. The molecule has 0 atom stereocenters. The summed E-state index contributed by atoms with van der Waals surface area (Å²) >= 11 is 0. The summed E-state index contributed by atoms with van der Waals surface area (Å²) in [6.45, 7) is 1.81. The van der Waals surface area contributed by atoms with Gasteiger partial charge in [0.15, 0.2) is 23.9 Å². The highest BCUT2D eigenvalue weighted by Gasteiger charge is 2.23. The van der Waals surface area contributed by atoms with Crippen LogP contribution in [0.15, 0.2) is 12.1 Å². The minimum absolute atomic E-state index is 0.0275. The predicted octanol–water partition coefficient (Wildman–Crippen LogP) is 2.38. The molecule has 2 fully saturated rings. The molecule has 23 heavy (non-hydrogen) atoms. The minimum Gasteiger partial charge on any atom is -0.453 e. The third-order valence-corrected chi connectivity index (χ3v) is 4.70. The van der Waals surface area contributed by atoms with Gasteiger partial charge < -0.3 is 9.64 Å². The monoisotopic (exact) mass is 317 g/mol. The smallest absolute Gasteiger partial charge is 0.359 e. The minimum atomic E-state index is -0.574. The van der Waals surface area contributed by atoms with Crippen LogP contribution >= 0.6 is 0 Å². The molecule has 1 aliphatic heterocycles. The fourth-order valence-corrected chi connectivity index (χ4v) is 3.30. The Morgan fingerprint density at radius 2 is 1.78 bits per heavy atom. The molecule has 3 rings (SSSR count). The largest absolute Gasteiger partial charge is 0.453 e. The lowest BCUT2D eigenvalue weighted by Gasteiger charge is -2.19. The molecule has 124 valence electrons. The summed E-state index contributed by atoms with van der Waals surface area (Å²) in [5.74, 6) is 0.298. The number of hydrogen-bond donors (Lipinski definition) is 0. The molecule has 0 spiro atoms. The number of hydrogen-bond acceptors (Lipinski definition) is 6. The first-order valence-electron chi connectivity index (χ1n) is 8.52. The number of Topliss-reactive ketones (excluding diaryl/α,β-unsaturated/α-hetero) is 1. The van der Waals surface area contributed by atoms with Gasteiger partial charge in [-0.15, -0.1) is 10.2 Å². The third-order valence-electron chi connectivity index (χ3n) is 4.70. The zero-order chi connectivity index (χ0) is 16.1. The first-order chi connectivity index (χ1) is 11.2. The molecule has 6 nitrogen and oxygen atoms in total. The van der Waals surface area contributed by atoms with E-state index in [4.69, 9.17) is 4.74 Å². The van der Waals surface area contributed by atoms with Gasteiger partial charge in [0.25, 0.3) is 0 Å². The van der Waals surface area contributed by atoms with E-state index in [2.05, 4.69) is 15.1 Å². The van der Waals surface area contributed by atoms with E-state index in [1.807, 2.05) is 0 Å².